The van der Waals surface area contributed by atoms with Gasteiger partial charge in [-0.3, -0.25) is 4.90 Å². The minimum Gasteiger partial charge on any atom is -0.494 e. The molecule has 0 spiro atoms. The first kappa shape index (κ1) is 21.8. The summed E-state index contributed by atoms with van der Waals surface area (Å²) in [7, 11) is 0. The molecule has 1 aliphatic rings. The van der Waals surface area contributed by atoms with Crippen LogP contribution in [-0.4, -0.2) is 53.9 Å². The molecule has 0 N–H and O–H groups in total. The second-order valence-electron chi connectivity index (χ2n) is 8.53. The Morgan fingerprint density at radius 3 is 2.61 bits per heavy atom. The Kier molecular flexibility index (Phi) is 7.60. The third-order valence-corrected chi connectivity index (χ3v) is 6.24. The molecule has 0 radical (unpaired) electrons. The number of imidazole rings is 1. The van der Waals surface area contributed by atoms with Crippen molar-refractivity contribution in [2.45, 2.75) is 46.1 Å². The Labute approximate surface area is 186 Å². The molecule has 1 aliphatic heterocycles. The fourth-order valence-electron chi connectivity index (χ4n) is 4.22. The number of hydrogen-bond acceptors (Lipinski definition) is 4. The normalized spacial score (nSPS) is 14.9. The van der Waals surface area contributed by atoms with Crippen LogP contribution in [0.5, 0.6) is 5.75 Å². The van der Waals surface area contributed by atoms with E-state index in [1.165, 1.54) is 22.5 Å². The molecule has 1 aromatic heterocycles. The maximum Gasteiger partial charge on any atom is 0.119 e. The van der Waals surface area contributed by atoms with Crippen LogP contribution < -0.4 is 4.74 Å². The van der Waals surface area contributed by atoms with Gasteiger partial charge >= 0.3 is 0 Å². The predicted molar refractivity (Wildman–Crippen MR) is 126 cm³/mol. The largest absolute Gasteiger partial charge is 0.494 e. The van der Waals surface area contributed by atoms with E-state index in [-0.39, 0.29) is 0 Å². The van der Waals surface area contributed by atoms with Crippen molar-refractivity contribution in [3.63, 3.8) is 0 Å². The molecule has 166 valence electrons. The number of hydrogen-bond donors (Lipinski definition) is 0. The Bertz CT molecular complexity index is 976. The van der Waals surface area contributed by atoms with E-state index < -0.39 is 0 Å². The lowest BCUT2D eigenvalue weighted by molar-refractivity contribution is 0.0374. The number of aryl methyl sites for hydroxylation is 4. The van der Waals surface area contributed by atoms with E-state index >= 15 is 0 Å². The lowest BCUT2D eigenvalue weighted by atomic mass is 10.1. The molecule has 0 unspecified atom stereocenters. The highest BCUT2D eigenvalue weighted by atomic mass is 16.5. The van der Waals surface area contributed by atoms with Gasteiger partial charge in [0.2, 0.25) is 0 Å². The smallest absolute Gasteiger partial charge is 0.119 e. The number of ether oxygens (including phenoxy) is 2. The molecule has 4 rings (SSSR count). The second-order valence-corrected chi connectivity index (χ2v) is 8.53. The molecule has 5 heteroatoms. The highest BCUT2D eigenvalue weighted by molar-refractivity contribution is 5.75. The van der Waals surface area contributed by atoms with Crippen molar-refractivity contribution in [1.29, 1.82) is 0 Å². The average Bonchev–Trinajstić information content (AvgIpc) is 3.14. The summed E-state index contributed by atoms with van der Waals surface area (Å²) in [6.07, 6.45) is 4.28. The summed E-state index contributed by atoms with van der Waals surface area (Å²) in [5.74, 6) is 2.18. The van der Waals surface area contributed by atoms with Crippen LogP contribution in [0.2, 0.25) is 0 Å². The highest BCUT2D eigenvalue weighted by Crippen LogP contribution is 2.19. The van der Waals surface area contributed by atoms with Crippen LogP contribution in [0.25, 0.3) is 11.0 Å². The summed E-state index contributed by atoms with van der Waals surface area (Å²) in [5, 5.41) is 0. The molecule has 0 bridgehead atoms. The van der Waals surface area contributed by atoms with Crippen LogP contribution in [0.4, 0.5) is 0 Å². The molecule has 31 heavy (non-hydrogen) atoms. The molecule has 0 saturated carbocycles. The van der Waals surface area contributed by atoms with Gasteiger partial charge in [-0.2, -0.15) is 0 Å². The number of para-hydroxylation sites is 2. The lowest BCUT2D eigenvalue weighted by Gasteiger charge is -2.26. The number of fused-ring (bicyclic) bond motifs is 1. The van der Waals surface area contributed by atoms with E-state index in [0.29, 0.717) is 0 Å². The van der Waals surface area contributed by atoms with E-state index in [0.717, 1.165) is 82.9 Å². The van der Waals surface area contributed by atoms with Crippen LogP contribution >= 0.6 is 0 Å². The minimum absolute atomic E-state index is 0.751. The van der Waals surface area contributed by atoms with Gasteiger partial charge in [-0.25, -0.2) is 4.98 Å². The molecular weight excluding hydrogens is 386 g/mol. The fraction of sp³-hybridized carbons (Fsp3) is 0.500. The predicted octanol–water partition coefficient (Wildman–Crippen LogP) is 4.78. The quantitative estimate of drug-likeness (QED) is 0.442. The van der Waals surface area contributed by atoms with E-state index in [4.69, 9.17) is 14.5 Å². The maximum absolute atomic E-state index is 5.97. The molecule has 5 nitrogen and oxygen atoms in total. The molecular formula is C26H35N3O2. The van der Waals surface area contributed by atoms with Crippen molar-refractivity contribution >= 4 is 11.0 Å². The summed E-state index contributed by atoms with van der Waals surface area (Å²) in [5.41, 5.74) is 4.94. The van der Waals surface area contributed by atoms with Gasteiger partial charge in [-0.05, 0) is 75.0 Å². The fourth-order valence-corrected chi connectivity index (χ4v) is 4.22. The van der Waals surface area contributed by atoms with Crippen LogP contribution in [0.15, 0.2) is 42.5 Å². The van der Waals surface area contributed by atoms with Crippen molar-refractivity contribution in [2.75, 3.05) is 39.5 Å². The Morgan fingerprint density at radius 2 is 1.77 bits per heavy atom. The topological polar surface area (TPSA) is 39.5 Å². The SMILES string of the molecule is Cc1ccc(OCCCCn2c(CCCN3CCOCC3)nc3ccccc32)cc1C. The zero-order valence-corrected chi connectivity index (χ0v) is 19.0. The first-order valence-electron chi connectivity index (χ1n) is 11.6. The minimum atomic E-state index is 0.751. The van der Waals surface area contributed by atoms with Gasteiger partial charge in [0.15, 0.2) is 0 Å². The summed E-state index contributed by atoms with van der Waals surface area (Å²) in [6.45, 7) is 11.0. The van der Waals surface area contributed by atoms with Gasteiger partial charge in [0.05, 0.1) is 30.9 Å². The first-order valence-corrected chi connectivity index (χ1v) is 11.6. The molecule has 0 aliphatic carbocycles. The van der Waals surface area contributed by atoms with Gasteiger partial charge < -0.3 is 14.0 Å². The van der Waals surface area contributed by atoms with Crippen molar-refractivity contribution in [2.24, 2.45) is 0 Å². The van der Waals surface area contributed by atoms with E-state index in [2.05, 4.69) is 65.8 Å². The monoisotopic (exact) mass is 421 g/mol. The Hall–Kier alpha value is -2.37. The van der Waals surface area contributed by atoms with E-state index in [9.17, 15) is 0 Å². The Morgan fingerprint density at radius 1 is 0.935 bits per heavy atom. The van der Waals surface area contributed by atoms with Crippen LogP contribution in [0.1, 0.15) is 36.2 Å². The van der Waals surface area contributed by atoms with Crippen molar-refractivity contribution < 1.29 is 9.47 Å². The number of morpholine rings is 1. The van der Waals surface area contributed by atoms with Gasteiger partial charge in [0.1, 0.15) is 11.6 Å². The molecule has 2 heterocycles. The third-order valence-electron chi connectivity index (χ3n) is 6.24. The number of unbranched alkanes of at least 4 members (excludes halogenated alkanes) is 1. The zero-order chi connectivity index (χ0) is 21.5. The summed E-state index contributed by atoms with van der Waals surface area (Å²) in [6, 6.07) is 14.8. The summed E-state index contributed by atoms with van der Waals surface area (Å²) < 4.78 is 13.9. The number of aromatic nitrogens is 2. The maximum atomic E-state index is 5.97. The van der Waals surface area contributed by atoms with Crippen LogP contribution in [-0.2, 0) is 17.7 Å². The van der Waals surface area contributed by atoms with Crippen LogP contribution in [0, 0.1) is 13.8 Å². The first-order chi connectivity index (χ1) is 15.2. The average molecular weight is 422 g/mol. The number of nitrogens with zero attached hydrogens (tertiary/aromatic N) is 3. The van der Waals surface area contributed by atoms with Gasteiger partial charge in [-0.1, -0.05) is 18.2 Å². The standard InChI is InChI=1S/C26H35N3O2/c1-21-11-12-23(20-22(21)2)31-17-6-5-14-29-25-9-4-3-8-24(25)27-26(29)10-7-13-28-15-18-30-19-16-28/h3-4,8-9,11-12,20H,5-7,10,13-19H2,1-2H3. The zero-order valence-electron chi connectivity index (χ0n) is 19.0. The van der Waals surface area contributed by atoms with E-state index in [1.807, 2.05) is 0 Å². The van der Waals surface area contributed by atoms with Crippen molar-refractivity contribution in [3.8, 4) is 5.75 Å². The molecule has 1 saturated heterocycles. The molecule has 1 fully saturated rings. The lowest BCUT2D eigenvalue weighted by Crippen LogP contribution is -2.37. The van der Waals surface area contributed by atoms with Crippen molar-refractivity contribution in [1.82, 2.24) is 14.5 Å². The summed E-state index contributed by atoms with van der Waals surface area (Å²) in [4.78, 5) is 7.45. The summed E-state index contributed by atoms with van der Waals surface area (Å²) >= 11 is 0. The number of benzene rings is 2. The Balaban J connectivity index is 1.30. The molecule has 2 aromatic carbocycles. The van der Waals surface area contributed by atoms with Gasteiger partial charge in [-0.15, -0.1) is 0 Å². The highest BCUT2D eigenvalue weighted by Gasteiger charge is 2.13. The molecule has 0 amide bonds. The van der Waals surface area contributed by atoms with Crippen molar-refractivity contribution in [3.05, 3.63) is 59.4 Å². The van der Waals surface area contributed by atoms with Gasteiger partial charge in [0, 0.05) is 26.1 Å². The van der Waals surface area contributed by atoms with Crippen LogP contribution in [0.3, 0.4) is 0 Å². The molecule has 0 atom stereocenters. The third kappa shape index (κ3) is 5.86. The number of rotatable bonds is 10. The van der Waals surface area contributed by atoms with E-state index in [1.54, 1.807) is 0 Å². The molecule has 3 aromatic rings. The second kappa shape index (κ2) is 10.8. The van der Waals surface area contributed by atoms with Gasteiger partial charge in [0.25, 0.3) is 0 Å².